The second kappa shape index (κ2) is 12.4. The van der Waals surface area contributed by atoms with Crippen LogP contribution in [0.4, 0.5) is 0 Å². The second-order valence-electron chi connectivity index (χ2n) is 15.2. The largest absolute Gasteiger partial charge is 0.748 e. The van der Waals surface area contributed by atoms with E-state index in [1.807, 2.05) is 14.1 Å². The molecule has 0 heterocycles. The van der Waals surface area contributed by atoms with Gasteiger partial charge in [-0.05, 0) is 60.7 Å². The van der Waals surface area contributed by atoms with Crippen LogP contribution in [-0.2, 0) is 29.3 Å². The predicted molar refractivity (Wildman–Crippen MR) is 158 cm³/mol. The van der Waals surface area contributed by atoms with Crippen molar-refractivity contribution >= 4 is 33.4 Å². The number of ketones is 3. The monoisotopic (exact) mass is 608 g/mol. The molecule has 0 aromatic rings. The summed E-state index contributed by atoms with van der Waals surface area (Å²) in [6.45, 7) is 8.37. The summed E-state index contributed by atoms with van der Waals surface area (Å²) in [6, 6.07) is 0. The molecule has 2 unspecified atom stereocenters. The highest BCUT2D eigenvalue weighted by molar-refractivity contribution is 7.85. The molecule has 0 spiro atoms. The van der Waals surface area contributed by atoms with E-state index in [0.29, 0.717) is 62.5 Å². The van der Waals surface area contributed by atoms with Crippen LogP contribution in [0.25, 0.3) is 0 Å². The van der Waals surface area contributed by atoms with Gasteiger partial charge in [-0.25, -0.2) is 8.42 Å². The minimum atomic E-state index is -4.19. The molecule has 4 aliphatic carbocycles. The normalized spacial score (nSPS) is 35.8. The van der Waals surface area contributed by atoms with Gasteiger partial charge in [0.05, 0.1) is 37.3 Å². The molecule has 4 aliphatic rings. The lowest BCUT2D eigenvalue weighted by Gasteiger charge is -2.58. The van der Waals surface area contributed by atoms with Crippen LogP contribution in [0, 0.1) is 46.3 Å². The van der Waals surface area contributed by atoms with Crippen LogP contribution in [0.2, 0.25) is 0 Å². The second-order valence-corrected chi connectivity index (χ2v) is 16.7. The number of Topliss-reactive ketones (excluding diaryl/α,β-unsaturated/α-hetero) is 3. The molecule has 0 aromatic carbocycles. The van der Waals surface area contributed by atoms with Gasteiger partial charge in [-0.2, -0.15) is 0 Å². The molecule has 42 heavy (non-hydrogen) atoms. The van der Waals surface area contributed by atoms with Crippen molar-refractivity contribution in [3.05, 3.63) is 0 Å². The van der Waals surface area contributed by atoms with Gasteiger partial charge in [-0.15, -0.1) is 0 Å². The Morgan fingerprint density at radius 3 is 2.43 bits per heavy atom. The minimum absolute atomic E-state index is 0.00684. The number of quaternary nitrogens is 1. The Balaban J connectivity index is 1.28. The van der Waals surface area contributed by atoms with Crippen molar-refractivity contribution in [2.24, 2.45) is 46.3 Å². The molecule has 1 N–H and O–H groups in total. The highest BCUT2D eigenvalue weighted by atomic mass is 32.2. The van der Waals surface area contributed by atoms with Gasteiger partial charge in [0, 0.05) is 68.6 Å². The molecule has 4 rings (SSSR count). The summed E-state index contributed by atoms with van der Waals surface area (Å²) < 4.78 is 33.1. The van der Waals surface area contributed by atoms with Gasteiger partial charge in [0.15, 0.2) is 0 Å². The Bertz CT molecular complexity index is 1180. The molecule has 0 aliphatic heterocycles. The maximum atomic E-state index is 14.0. The van der Waals surface area contributed by atoms with Gasteiger partial charge in [0.25, 0.3) is 0 Å². The first-order valence-corrected chi connectivity index (χ1v) is 17.7. The Hall–Kier alpha value is -1.65. The molecule has 0 radical (unpaired) electrons. The Morgan fingerprint density at radius 1 is 1.05 bits per heavy atom. The fourth-order valence-electron chi connectivity index (χ4n) is 9.55. The van der Waals surface area contributed by atoms with Crippen LogP contribution < -0.4 is 5.32 Å². The summed E-state index contributed by atoms with van der Waals surface area (Å²) in [7, 11) is -0.220. The van der Waals surface area contributed by atoms with Crippen molar-refractivity contribution in [2.45, 2.75) is 91.4 Å². The molecule has 4 fully saturated rings. The first-order valence-electron chi connectivity index (χ1n) is 16.1. The van der Waals surface area contributed by atoms with Crippen LogP contribution in [0.5, 0.6) is 0 Å². The summed E-state index contributed by atoms with van der Waals surface area (Å²) in [6.07, 6.45) is 6.70. The van der Waals surface area contributed by atoms with Crippen LogP contribution >= 0.6 is 0 Å². The zero-order valence-electron chi connectivity index (χ0n) is 26.3. The van der Waals surface area contributed by atoms with Crippen LogP contribution in [0.3, 0.4) is 0 Å². The maximum Gasteiger partial charge on any atom is 0.220 e. The predicted octanol–water partition coefficient (Wildman–Crippen LogP) is 3.51. The van der Waals surface area contributed by atoms with Crippen molar-refractivity contribution < 1.29 is 36.6 Å². The van der Waals surface area contributed by atoms with Crippen LogP contribution in [0.15, 0.2) is 0 Å². The molecule has 1 amide bonds. The standard InChI is InChI=1S/C32H52N2O7S/c1-21(8-11-29(38)33-14-6-15-34(4,5)16-7-17-42(39,40)41)24-9-10-25-30-26(20-28(37)32(24,25)3)31(2)13-12-23(35)18-22(31)19-27(30)36/h21-22,24-26,30H,6-20H2,1-5H3,(H-,33,38,39,40,41)/t21-,22-,24-,25+,26?,30?,31+,32-/m1/s1. The van der Waals surface area contributed by atoms with E-state index in [0.717, 1.165) is 32.2 Å². The Kier molecular flexibility index (Phi) is 9.81. The van der Waals surface area contributed by atoms with Crippen molar-refractivity contribution in [1.29, 1.82) is 0 Å². The third kappa shape index (κ3) is 6.85. The summed E-state index contributed by atoms with van der Waals surface area (Å²) in [5, 5.41) is 3.00. The number of carbonyl (C=O) groups is 4. The highest BCUT2D eigenvalue weighted by Gasteiger charge is 2.66. The molecule has 0 saturated heterocycles. The number of nitrogens with one attached hydrogen (secondary N) is 1. The molecule has 0 aromatic heterocycles. The van der Waals surface area contributed by atoms with E-state index in [9.17, 15) is 32.1 Å². The first-order chi connectivity index (χ1) is 19.5. The average Bonchev–Trinajstić information content (AvgIpc) is 3.24. The van der Waals surface area contributed by atoms with Crippen LogP contribution in [0.1, 0.15) is 91.4 Å². The smallest absolute Gasteiger partial charge is 0.220 e. The van der Waals surface area contributed by atoms with E-state index in [1.54, 1.807) is 0 Å². The Labute approximate surface area is 252 Å². The lowest BCUT2D eigenvalue weighted by molar-refractivity contribution is -0.890. The topological polar surface area (TPSA) is 138 Å². The molecule has 238 valence electrons. The van der Waals surface area contributed by atoms with Gasteiger partial charge in [0.1, 0.15) is 17.3 Å². The third-order valence-electron chi connectivity index (χ3n) is 12.2. The van der Waals surface area contributed by atoms with Gasteiger partial charge >= 0.3 is 0 Å². The Morgan fingerprint density at radius 2 is 1.74 bits per heavy atom. The van der Waals surface area contributed by atoms with E-state index in [1.165, 1.54) is 0 Å². The lowest BCUT2D eigenvalue weighted by Crippen LogP contribution is -2.60. The maximum absolute atomic E-state index is 14.0. The molecule has 0 bridgehead atoms. The van der Waals surface area contributed by atoms with Gasteiger partial charge in [-0.3, -0.25) is 19.2 Å². The molecule has 10 heteroatoms. The zero-order chi connectivity index (χ0) is 31.1. The fraction of sp³-hybridized carbons (Fsp3) is 0.875. The number of fused-ring (bicyclic) bond motifs is 5. The van der Waals surface area contributed by atoms with E-state index in [4.69, 9.17) is 0 Å². The molecular formula is C32H52N2O7S. The number of amides is 1. The minimum Gasteiger partial charge on any atom is -0.748 e. The summed E-state index contributed by atoms with van der Waals surface area (Å²) in [5.74, 6) is 0.890. The van der Waals surface area contributed by atoms with Gasteiger partial charge in [0.2, 0.25) is 5.91 Å². The van der Waals surface area contributed by atoms with Crippen molar-refractivity contribution in [3.8, 4) is 0 Å². The first kappa shape index (κ1) is 33.2. The zero-order valence-corrected chi connectivity index (χ0v) is 27.1. The number of hydrogen-bond acceptors (Lipinski definition) is 7. The van der Waals surface area contributed by atoms with E-state index >= 15 is 0 Å². The average molecular weight is 609 g/mol. The quantitative estimate of drug-likeness (QED) is 0.203. The number of carbonyl (C=O) groups excluding carboxylic acids is 4. The summed E-state index contributed by atoms with van der Waals surface area (Å²) in [4.78, 5) is 52.4. The van der Waals surface area contributed by atoms with Gasteiger partial charge < -0.3 is 14.4 Å². The van der Waals surface area contributed by atoms with Crippen molar-refractivity contribution in [3.63, 3.8) is 0 Å². The fourth-order valence-corrected chi connectivity index (χ4v) is 10.0. The third-order valence-corrected chi connectivity index (χ3v) is 12.9. The van der Waals surface area contributed by atoms with Crippen LogP contribution in [-0.4, -0.2) is 80.2 Å². The van der Waals surface area contributed by atoms with E-state index < -0.39 is 15.5 Å². The number of nitrogens with zero attached hydrogens (tertiary/aromatic N) is 1. The molecule has 8 atom stereocenters. The van der Waals surface area contributed by atoms with Gasteiger partial charge in [-0.1, -0.05) is 20.8 Å². The van der Waals surface area contributed by atoms with E-state index in [-0.39, 0.29) is 69.9 Å². The van der Waals surface area contributed by atoms with E-state index in [2.05, 4.69) is 26.1 Å². The van der Waals surface area contributed by atoms with Crippen molar-refractivity contribution in [2.75, 3.05) is 39.5 Å². The molecule has 4 saturated carbocycles. The summed E-state index contributed by atoms with van der Waals surface area (Å²) >= 11 is 0. The van der Waals surface area contributed by atoms with Crippen molar-refractivity contribution in [1.82, 2.24) is 5.32 Å². The molecule has 9 nitrogen and oxygen atoms in total. The SMILES string of the molecule is C[C@H](CCC(=O)NCCC[N+](C)(C)CCCS(=O)(=O)[O-])[C@H]1CC[C@H]2C3C(=O)C[C@H]4CC(=O)CC[C@]4(C)C3CC(=O)[C@]12C. The molecular weight excluding hydrogens is 556 g/mol. The summed E-state index contributed by atoms with van der Waals surface area (Å²) in [5.41, 5.74) is -0.647. The number of rotatable bonds is 12. The highest BCUT2D eigenvalue weighted by Crippen LogP contribution is 2.66. The lowest BCUT2D eigenvalue weighted by atomic mass is 9.44. The number of hydrogen-bond donors (Lipinski definition) is 1.